The van der Waals surface area contributed by atoms with Crippen LogP contribution < -0.4 is 0 Å². The maximum absolute atomic E-state index is 4.45. The molecule has 12 aromatic rings. The fourth-order valence-electron chi connectivity index (χ4n) is 7.19. The number of hydrogen-bond donors (Lipinski definition) is 0. The van der Waals surface area contributed by atoms with Gasteiger partial charge in [-0.1, -0.05) is 251 Å². The summed E-state index contributed by atoms with van der Waals surface area (Å²) in [6.07, 6.45) is 10.9. The second-order valence-corrected chi connectivity index (χ2v) is 17.8. The minimum absolute atomic E-state index is 0. The zero-order chi connectivity index (χ0) is 58.6. The van der Waals surface area contributed by atoms with Gasteiger partial charge in [-0.25, -0.2) is 0 Å². The van der Waals surface area contributed by atoms with Gasteiger partial charge in [0.15, 0.2) is 0 Å². The molecule has 0 unspecified atom stereocenters. The number of unbranched alkanes of at least 4 members (excludes halogenated alkanes) is 2. The summed E-state index contributed by atoms with van der Waals surface area (Å²) >= 11 is 0. The number of pyridine rings is 8. The molecule has 0 aliphatic heterocycles. The van der Waals surface area contributed by atoms with Crippen molar-refractivity contribution in [3.8, 4) is 0 Å². The Bertz CT molecular complexity index is 3020. The molecule has 0 saturated carbocycles. The van der Waals surface area contributed by atoms with Gasteiger partial charge in [0.25, 0.3) is 0 Å². The molecule has 0 aliphatic carbocycles. The molecule has 0 radical (unpaired) electrons. The van der Waals surface area contributed by atoms with E-state index in [1.54, 1.807) is 24.8 Å². The minimum Gasteiger partial charge on any atom is -0.430 e. The van der Waals surface area contributed by atoms with Crippen molar-refractivity contribution >= 4 is 92.6 Å². The van der Waals surface area contributed by atoms with Crippen molar-refractivity contribution in [3.63, 3.8) is 0 Å². The molecule has 0 N–H and O–H groups in total. The summed E-state index contributed by atoms with van der Waals surface area (Å²) in [7, 11) is 0. The topological polar surface area (TPSA) is 216 Å². The molecule has 12 rings (SSSR count). The normalized spacial score (nSPS) is 9.46. The summed E-state index contributed by atoms with van der Waals surface area (Å²) in [5.74, 6) is 7.47. The first-order valence-corrected chi connectivity index (χ1v) is 27.5. The molecule has 0 spiro atoms. The number of para-hydroxylation sites is 4. The Kier molecular flexibility index (Phi) is 34.2. The van der Waals surface area contributed by atoms with E-state index < -0.39 is 0 Å². The van der Waals surface area contributed by atoms with Crippen LogP contribution in [-0.2, 0) is 66.0 Å². The smallest absolute Gasteiger partial charge is 0.430 e. The van der Waals surface area contributed by atoms with E-state index in [1.807, 2.05) is 267 Å². The molecule has 89 heavy (non-hydrogen) atoms. The first-order chi connectivity index (χ1) is 42.0. The van der Waals surface area contributed by atoms with Gasteiger partial charge in [-0.05, 0) is 119 Å². The van der Waals surface area contributed by atoms with E-state index in [9.17, 15) is 0 Å². The fourth-order valence-corrected chi connectivity index (χ4v) is 7.19. The van der Waals surface area contributed by atoms with Gasteiger partial charge in [0.05, 0.1) is 0 Å². The van der Waals surface area contributed by atoms with Crippen molar-refractivity contribution in [2.24, 2.45) is 0 Å². The molecule has 0 saturated heterocycles. The van der Waals surface area contributed by atoms with E-state index >= 15 is 0 Å². The van der Waals surface area contributed by atoms with Gasteiger partial charge in [0, 0.05) is 46.5 Å². The van der Waals surface area contributed by atoms with E-state index in [1.165, 1.54) is 19.3 Å². The molecular weight excluding hydrogens is 1290 g/mol. The van der Waals surface area contributed by atoms with Crippen LogP contribution >= 0.6 is 0 Å². The third-order valence-electron chi connectivity index (χ3n) is 11.1. The van der Waals surface area contributed by atoms with Gasteiger partial charge in [-0.15, -0.1) is 0 Å². The molecule has 20 heteroatoms. The number of aromatic nitrogens is 8. The van der Waals surface area contributed by atoms with Crippen molar-refractivity contribution in [3.05, 3.63) is 334 Å². The van der Waals surface area contributed by atoms with E-state index in [4.69, 9.17) is 0 Å². The Morgan fingerprint density at radius 2 is 0.382 bits per heavy atom. The third-order valence-corrected chi connectivity index (χ3v) is 11.1. The summed E-state index contributed by atoms with van der Waals surface area (Å²) in [6.45, 7) is 4.42. The predicted octanol–water partition coefficient (Wildman–Crippen LogP) is 22.8. The fraction of sp³-hybridized carbons (Fsp3) is 0.0725. The first-order valence-electron chi connectivity index (χ1n) is 27.5. The Balaban J connectivity index is 0.000000243. The predicted molar refractivity (Wildman–Crippen MR) is 346 cm³/mol. The molecule has 4 aromatic carbocycles. The second kappa shape index (κ2) is 42.3. The number of hydrogen-bond acceptors (Lipinski definition) is 8. The van der Waals surface area contributed by atoms with Crippen LogP contribution in [0.3, 0.4) is 0 Å². The van der Waals surface area contributed by atoms with Crippen LogP contribution in [0.5, 0.6) is 0 Å². The van der Waals surface area contributed by atoms with E-state index in [-0.39, 0.29) is 66.0 Å². The standard InChI is InChI=1S/4C16H12N4.C5H12.4Ni/c4*1-2-7-13(8-3-1)18-15-10-6-11-16(20-15)19-14-9-4-5-12-17-14;1-3-5-4-2;;;;/h4*1-12H;3-5H2,1-2H3;;;;/q4*-2;;4*+2. The summed E-state index contributed by atoms with van der Waals surface area (Å²) in [6, 6.07) is 83.5. The number of benzene rings is 4. The first kappa shape index (κ1) is 71.9. The van der Waals surface area contributed by atoms with Crippen LogP contribution in [0.1, 0.15) is 33.1 Å². The van der Waals surface area contributed by atoms with Crippen molar-refractivity contribution in [2.75, 3.05) is 0 Å². The maximum Gasteiger partial charge on any atom is 2.00 e. The van der Waals surface area contributed by atoms with Crippen molar-refractivity contribution in [2.45, 2.75) is 33.1 Å². The van der Waals surface area contributed by atoms with E-state index in [2.05, 4.69) is 96.3 Å². The zero-order valence-electron chi connectivity index (χ0n) is 48.3. The molecule has 0 aliphatic rings. The van der Waals surface area contributed by atoms with Gasteiger partial charge in [0.2, 0.25) is 0 Å². The molecule has 8 heterocycles. The Morgan fingerprint density at radius 1 is 0.202 bits per heavy atom. The maximum atomic E-state index is 4.45. The van der Waals surface area contributed by atoms with Crippen LogP contribution in [0.4, 0.5) is 92.6 Å². The molecule has 16 nitrogen and oxygen atoms in total. The largest absolute Gasteiger partial charge is 2.00 e. The van der Waals surface area contributed by atoms with Crippen molar-refractivity contribution in [1.29, 1.82) is 0 Å². The van der Waals surface area contributed by atoms with Crippen molar-refractivity contribution in [1.82, 2.24) is 39.9 Å². The van der Waals surface area contributed by atoms with Crippen LogP contribution in [0.2, 0.25) is 0 Å². The second-order valence-electron chi connectivity index (χ2n) is 17.8. The Morgan fingerprint density at radius 3 is 0.551 bits per heavy atom. The molecule has 0 atom stereocenters. The quantitative estimate of drug-likeness (QED) is 0.0751. The summed E-state index contributed by atoms with van der Waals surface area (Å²) in [4.78, 5) is 34.2. The molecule has 456 valence electrons. The van der Waals surface area contributed by atoms with Gasteiger partial charge < -0.3 is 82.4 Å². The molecule has 0 amide bonds. The molecule has 8 aromatic heterocycles. The average molecular weight is 1350 g/mol. The van der Waals surface area contributed by atoms with Crippen LogP contribution in [0.25, 0.3) is 42.5 Å². The van der Waals surface area contributed by atoms with Crippen LogP contribution in [-0.4, -0.2) is 39.9 Å². The Hall–Kier alpha value is -9.55. The van der Waals surface area contributed by atoms with Crippen molar-refractivity contribution < 1.29 is 66.0 Å². The SMILES string of the molecule is CCCCC.[Ni+2].[Ni+2].[Ni+2].[Ni+2].c1ccc([N-]c2cccc([N-]c3ccccn3)n2)cc1.c1ccc([N-]c2cccc([N-]c3ccccn3)n2)cc1.c1ccc([N-]c2cccc([N-]c3ccccn3)n2)cc1.c1ccc([N-]c2cccc([N-]c3ccccn3)n2)cc1. The summed E-state index contributed by atoms with van der Waals surface area (Å²) in [5.41, 5.74) is 3.48. The van der Waals surface area contributed by atoms with Gasteiger partial charge >= 0.3 is 66.0 Å². The summed E-state index contributed by atoms with van der Waals surface area (Å²) < 4.78 is 0. The third kappa shape index (κ3) is 27.8. The molecule has 0 fully saturated rings. The van der Waals surface area contributed by atoms with Gasteiger partial charge in [-0.3, -0.25) is 0 Å². The van der Waals surface area contributed by atoms with Crippen LogP contribution in [0.15, 0.2) is 292 Å². The average Bonchev–Trinajstić information content (AvgIpc) is 3.68. The van der Waals surface area contributed by atoms with E-state index in [0.29, 0.717) is 69.8 Å². The number of rotatable bonds is 18. The molecular formula is C69H60N16Ni4. The van der Waals surface area contributed by atoms with Gasteiger partial charge in [-0.2, -0.15) is 0 Å². The van der Waals surface area contributed by atoms with Gasteiger partial charge in [0.1, 0.15) is 0 Å². The number of nitrogens with zero attached hydrogens (tertiary/aromatic N) is 16. The van der Waals surface area contributed by atoms with E-state index in [0.717, 1.165) is 22.7 Å². The zero-order valence-corrected chi connectivity index (χ0v) is 52.2. The Labute approximate surface area is 561 Å². The summed E-state index contributed by atoms with van der Waals surface area (Å²) in [5, 5.41) is 35.3. The monoisotopic (exact) mass is 1340 g/mol. The molecule has 0 bridgehead atoms. The minimum atomic E-state index is 0. The van der Waals surface area contributed by atoms with Crippen LogP contribution in [0, 0.1) is 0 Å².